The fourth-order valence-corrected chi connectivity index (χ4v) is 1.89. The monoisotopic (exact) mass is 291 g/mol. The van der Waals surface area contributed by atoms with Crippen molar-refractivity contribution in [3.05, 3.63) is 35.9 Å². The van der Waals surface area contributed by atoms with E-state index in [1.165, 1.54) is 12.5 Å². The quantitative estimate of drug-likeness (QED) is 0.769. The van der Waals surface area contributed by atoms with E-state index < -0.39 is 0 Å². The van der Waals surface area contributed by atoms with Gasteiger partial charge in [-0.1, -0.05) is 30.3 Å². The molecule has 0 unspecified atom stereocenters. The number of carbonyl (C=O) groups is 2. The molecular formula is C16H25N3O2. The second-order valence-corrected chi connectivity index (χ2v) is 5.33. The average Bonchev–Trinajstić information content (AvgIpc) is 2.44. The van der Waals surface area contributed by atoms with Gasteiger partial charge in [-0.2, -0.15) is 0 Å². The SMILES string of the molecule is CC(=O)N(CCN(C)C)CC(=O)NCCc1ccccc1. The lowest BCUT2D eigenvalue weighted by atomic mass is 10.1. The predicted octanol–water partition coefficient (Wildman–Crippen LogP) is 0.755. The summed E-state index contributed by atoms with van der Waals surface area (Å²) in [5.74, 6) is -0.185. The van der Waals surface area contributed by atoms with Crippen LogP contribution < -0.4 is 5.32 Å². The maximum Gasteiger partial charge on any atom is 0.239 e. The lowest BCUT2D eigenvalue weighted by Crippen LogP contribution is -2.43. The van der Waals surface area contributed by atoms with E-state index in [2.05, 4.69) is 5.32 Å². The predicted molar refractivity (Wildman–Crippen MR) is 84.0 cm³/mol. The van der Waals surface area contributed by atoms with Gasteiger partial charge >= 0.3 is 0 Å². The van der Waals surface area contributed by atoms with E-state index in [1.54, 1.807) is 4.90 Å². The second-order valence-electron chi connectivity index (χ2n) is 5.33. The lowest BCUT2D eigenvalue weighted by molar-refractivity contribution is -0.134. The molecule has 0 aliphatic heterocycles. The molecule has 0 aliphatic rings. The van der Waals surface area contributed by atoms with E-state index in [0.29, 0.717) is 13.1 Å². The molecule has 116 valence electrons. The summed E-state index contributed by atoms with van der Waals surface area (Å²) < 4.78 is 0. The molecule has 1 aromatic carbocycles. The molecule has 2 amide bonds. The van der Waals surface area contributed by atoms with Crippen molar-refractivity contribution in [2.24, 2.45) is 0 Å². The molecular weight excluding hydrogens is 266 g/mol. The van der Waals surface area contributed by atoms with E-state index >= 15 is 0 Å². The van der Waals surface area contributed by atoms with Crippen molar-refractivity contribution in [1.82, 2.24) is 15.1 Å². The van der Waals surface area contributed by atoms with Crippen LogP contribution in [-0.4, -0.2) is 61.9 Å². The molecule has 0 fully saturated rings. The first-order valence-electron chi connectivity index (χ1n) is 7.20. The minimum atomic E-state index is -0.111. The molecule has 5 nitrogen and oxygen atoms in total. The molecule has 0 bridgehead atoms. The molecule has 0 aliphatic carbocycles. The van der Waals surface area contributed by atoms with Crippen LogP contribution in [0, 0.1) is 0 Å². The van der Waals surface area contributed by atoms with E-state index in [-0.39, 0.29) is 18.4 Å². The first kappa shape index (κ1) is 17.2. The van der Waals surface area contributed by atoms with E-state index in [1.807, 2.05) is 49.3 Å². The van der Waals surface area contributed by atoms with Crippen LogP contribution in [0.2, 0.25) is 0 Å². The van der Waals surface area contributed by atoms with Gasteiger partial charge in [-0.3, -0.25) is 9.59 Å². The second kappa shape index (κ2) is 9.13. The van der Waals surface area contributed by atoms with Crippen molar-refractivity contribution in [1.29, 1.82) is 0 Å². The van der Waals surface area contributed by atoms with Crippen molar-refractivity contribution in [2.75, 3.05) is 40.3 Å². The third-order valence-corrected chi connectivity index (χ3v) is 3.18. The smallest absolute Gasteiger partial charge is 0.239 e. The van der Waals surface area contributed by atoms with Gasteiger partial charge in [-0.05, 0) is 26.1 Å². The molecule has 0 saturated carbocycles. The summed E-state index contributed by atoms with van der Waals surface area (Å²) in [6.45, 7) is 3.51. The van der Waals surface area contributed by atoms with Crippen LogP contribution in [-0.2, 0) is 16.0 Å². The Labute approximate surface area is 126 Å². The zero-order chi connectivity index (χ0) is 15.7. The Morgan fingerprint density at radius 3 is 2.33 bits per heavy atom. The van der Waals surface area contributed by atoms with Gasteiger partial charge < -0.3 is 15.1 Å². The highest BCUT2D eigenvalue weighted by molar-refractivity contribution is 5.83. The van der Waals surface area contributed by atoms with Crippen LogP contribution in [0.1, 0.15) is 12.5 Å². The van der Waals surface area contributed by atoms with Gasteiger partial charge in [-0.25, -0.2) is 0 Å². The summed E-state index contributed by atoms with van der Waals surface area (Å²) in [6, 6.07) is 10.00. The van der Waals surface area contributed by atoms with Crippen molar-refractivity contribution >= 4 is 11.8 Å². The molecule has 0 saturated heterocycles. The van der Waals surface area contributed by atoms with Gasteiger partial charge in [0.15, 0.2) is 0 Å². The summed E-state index contributed by atoms with van der Waals surface area (Å²) >= 11 is 0. The molecule has 1 N–H and O–H groups in total. The number of nitrogens with one attached hydrogen (secondary N) is 1. The Kier molecular flexibility index (Phi) is 7.46. The van der Waals surface area contributed by atoms with Crippen LogP contribution >= 0.6 is 0 Å². The number of likely N-dealkylation sites (N-methyl/N-ethyl adjacent to an activating group) is 1. The van der Waals surface area contributed by atoms with Gasteiger partial charge in [0, 0.05) is 26.6 Å². The molecule has 1 aromatic rings. The molecule has 1 rings (SSSR count). The van der Waals surface area contributed by atoms with Gasteiger partial charge in [0.2, 0.25) is 11.8 Å². The number of benzene rings is 1. The highest BCUT2D eigenvalue weighted by Crippen LogP contribution is 1.98. The van der Waals surface area contributed by atoms with Crippen molar-refractivity contribution < 1.29 is 9.59 Å². The van der Waals surface area contributed by atoms with Crippen molar-refractivity contribution in [3.63, 3.8) is 0 Å². The van der Waals surface area contributed by atoms with Gasteiger partial charge in [0.05, 0.1) is 6.54 Å². The number of nitrogens with zero attached hydrogens (tertiary/aromatic N) is 2. The largest absolute Gasteiger partial charge is 0.354 e. The molecule has 21 heavy (non-hydrogen) atoms. The van der Waals surface area contributed by atoms with Crippen LogP contribution in [0.15, 0.2) is 30.3 Å². The van der Waals surface area contributed by atoms with Crippen molar-refractivity contribution in [2.45, 2.75) is 13.3 Å². The normalized spacial score (nSPS) is 10.5. The van der Waals surface area contributed by atoms with Gasteiger partial charge in [0.25, 0.3) is 0 Å². The van der Waals surface area contributed by atoms with E-state index in [0.717, 1.165) is 13.0 Å². The maximum atomic E-state index is 11.9. The topological polar surface area (TPSA) is 52.7 Å². The Balaban J connectivity index is 2.31. The molecule has 5 heteroatoms. The van der Waals surface area contributed by atoms with Crippen molar-refractivity contribution in [3.8, 4) is 0 Å². The Bertz CT molecular complexity index is 446. The lowest BCUT2D eigenvalue weighted by Gasteiger charge is -2.22. The van der Waals surface area contributed by atoms with Gasteiger partial charge in [0.1, 0.15) is 0 Å². The van der Waals surface area contributed by atoms with Gasteiger partial charge in [-0.15, -0.1) is 0 Å². The summed E-state index contributed by atoms with van der Waals surface area (Å²) in [7, 11) is 3.89. The number of carbonyl (C=O) groups excluding carboxylic acids is 2. The first-order chi connectivity index (χ1) is 9.99. The summed E-state index contributed by atoms with van der Waals surface area (Å²) in [5, 5.41) is 2.86. The Hall–Kier alpha value is -1.88. The van der Waals surface area contributed by atoms with Crippen LogP contribution in [0.5, 0.6) is 0 Å². The number of hydrogen-bond donors (Lipinski definition) is 1. The Morgan fingerprint density at radius 2 is 1.76 bits per heavy atom. The number of rotatable bonds is 8. The van der Waals surface area contributed by atoms with E-state index in [9.17, 15) is 9.59 Å². The highest BCUT2D eigenvalue weighted by Gasteiger charge is 2.13. The zero-order valence-corrected chi connectivity index (χ0v) is 13.1. The number of hydrogen-bond acceptors (Lipinski definition) is 3. The molecule has 0 spiro atoms. The first-order valence-corrected chi connectivity index (χ1v) is 7.20. The summed E-state index contributed by atoms with van der Waals surface area (Å²) in [4.78, 5) is 26.9. The summed E-state index contributed by atoms with van der Waals surface area (Å²) in [5.41, 5.74) is 1.19. The molecule has 0 atom stereocenters. The third-order valence-electron chi connectivity index (χ3n) is 3.18. The average molecular weight is 291 g/mol. The molecule has 0 aromatic heterocycles. The maximum absolute atomic E-state index is 11.9. The standard InChI is InChI=1S/C16H25N3O2/c1-14(20)19(12-11-18(2)3)13-16(21)17-10-9-15-7-5-4-6-8-15/h4-8H,9-13H2,1-3H3,(H,17,21). The Morgan fingerprint density at radius 1 is 1.10 bits per heavy atom. The van der Waals surface area contributed by atoms with Crippen LogP contribution in [0.4, 0.5) is 0 Å². The summed E-state index contributed by atoms with van der Waals surface area (Å²) in [6.07, 6.45) is 0.796. The number of amides is 2. The minimum absolute atomic E-state index is 0.0740. The fourth-order valence-electron chi connectivity index (χ4n) is 1.89. The fraction of sp³-hybridized carbons (Fsp3) is 0.500. The molecule has 0 radical (unpaired) electrons. The third kappa shape index (κ3) is 7.46. The molecule has 0 heterocycles. The minimum Gasteiger partial charge on any atom is -0.354 e. The zero-order valence-electron chi connectivity index (χ0n) is 13.1. The highest BCUT2D eigenvalue weighted by atomic mass is 16.2. The van der Waals surface area contributed by atoms with Crippen LogP contribution in [0.3, 0.4) is 0 Å². The van der Waals surface area contributed by atoms with E-state index in [4.69, 9.17) is 0 Å². The van der Waals surface area contributed by atoms with Crippen LogP contribution in [0.25, 0.3) is 0 Å².